The fraction of sp³-hybridized carbons (Fsp3) is 0.647. The number of rotatable bonds is 4. The lowest BCUT2D eigenvalue weighted by molar-refractivity contribution is 0.0981. The highest BCUT2D eigenvalue weighted by Gasteiger charge is 2.31. The van der Waals surface area contributed by atoms with Crippen molar-refractivity contribution in [2.75, 3.05) is 26.7 Å². The minimum absolute atomic E-state index is 0.588. The van der Waals surface area contributed by atoms with Crippen molar-refractivity contribution in [3.05, 3.63) is 34.9 Å². The van der Waals surface area contributed by atoms with Crippen molar-refractivity contribution in [1.29, 1.82) is 0 Å². The van der Waals surface area contributed by atoms with Crippen molar-refractivity contribution in [3.63, 3.8) is 0 Å². The molecule has 2 unspecified atom stereocenters. The largest absolute Gasteiger partial charge is 0.319 e. The lowest BCUT2D eigenvalue weighted by atomic mass is 9.83. The first-order chi connectivity index (χ1) is 9.15. The molecule has 1 fully saturated rings. The van der Waals surface area contributed by atoms with E-state index in [4.69, 9.17) is 0 Å². The fourth-order valence-electron chi connectivity index (χ4n) is 3.65. The highest BCUT2D eigenvalue weighted by molar-refractivity contribution is 5.31. The zero-order valence-corrected chi connectivity index (χ0v) is 12.9. The maximum absolute atomic E-state index is 3.38. The van der Waals surface area contributed by atoms with Crippen LogP contribution in [0.15, 0.2) is 18.2 Å². The summed E-state index contributed by atoms with van der Waals surface area (Å²) in [6, 6.07) is 7.63. The number of nitrogens with one attached hydrogen (secondary N) is 1. The molecule has 0 bridgehead atoms. The molecular weight excluding hydrogens is 232 g/mol. The normalized spacial score (nSPS) is 24.6. The summed E-state index contributed by atoms with van der Waals surface area (Å²) < 4.78 is 0. The summed E-state index contributed by atoms with van der Waals surface area (Å²) in [5.74, 6) is 0.736. The van der Waals surface area contributed by atoms with Gasteiger partial charge in [-0.05, 0) is 64.9 Å². The van der Waals surface area contributed by atoms with Crippen LogP contribution in [0, 0.1) is 19.8 Å². The Hall–Kier alpha value is -0.860. The summed E-state index contributed by atoms with van der Waals surface area (Å²) in [6.07, 6.45) is 2.68. The predicted molar refractivity (Wildman–Crippen MR) is 82.6 cm³/mol. The topological polar surface area (TPSA) is 15.3 Å². The average molecular weight is 260 g/mol. The van der Waals surface area contributed by atoms with Gasteiger partial charge in [-0.15, -0.1) is 0 Å². The van der Waals surface area contributed by atoms with Gasteiger partial charge in [-0.2, -0.15) is 0 Å². The molecule has 0 aromatic heterocycles. The lowest BCUT2D eigenvalue weighted by Gasteiger charge is -2.41. The molecule has 0 spiro atoms. The molecule has 1 aliphatic rings. The second-order valence-electron chi connectivity index (χ2n) is 5.95. The quantitative estimate of drug-likeness (QED) is 0.893. The molecular formula is C17H28N2. The second kappa shape index (κ2) is 6.53. The van der Waals surface area contributed by atoms with E-state index in [0.29, 0.717) is 6.04 Å². The van der Waals surface area contributed by atoms with E-state index in [1.807, 2.05) is 0 Å². The molecule has 1 heterocycles. The summed E-state index contributed by atoms with van der Waals surface area (Å²) in [4.78, 5) is 2.65. The Bertz CT molecular complexity index is 391. The van der Waals surface area contributed by atoms with Crippen LogP contribution in [0.4, 0.5) is 0 Å². The second-order valence-corrected chi connectivity index (χ2v) is 5.95. The van der Waals surface area contributed by atoms with E-state index < -0.39 is 0 Å². The Morgan fingerprint density at radius 2 is 1.89 bits per heavy atom. The highest BCUT2D eigenvalue weighted by atomic mass is 15.2. The van der Waals surface area contributed by atoms with E-state index >= 15 is 0 Å². The average Bonchev–Trinajstić information content (AvgIpc) is 2.37. The van der Waals surface area contributed by atoms with Crippen LogP contribution in [0.5, 0.6) is 0 Å². The first-order valence-corrected chi connectivity index (χ1v) is 7.62. The van der Waals surface area contributed by atoms with E-state index in [1.165, 1.54) is 36.1 Å². The van der Waals surface area contributed by atoms with E-state index in [-0.39, 0.29) is 0 Å². The molecule has 2 rings (SSSR count). The molecule has 106 valence electrons. The highest BCUT2D eigenvalue weighted by Crippen LogP contribution is 2.36. The van der Waals surface area contributed by atoms with Gasteiger partial charge in [0.05, 0.1) is 0 Å². The van der Waals surface area contributed by atoms with Crippen molar-refractivity contribution in [2.45, 2.75) is 39.7 Å². The van der Waals surface area contributed by atoms with Gasteiger partial charge < -0.3 is 5.32 Å². The van der Waals surface area contributed by atoms with Gasteiger partial charge in [0.25, 0.3) is 0 Å². The summed E-state index contributed by atoms with van der Waals surface area (Å²) in [7, 11) is 2.07. The first-order valence-electron chi connectivity index (χ1n) is 7.62. The van der Waals surface area contributed by atoms with Crippen molar-refractivity contribution in [3.8, 4) is 0 Å². The Morgan fingerprint density at radius 3 is 2.47 bits per heavy atom. The van der Waals surface area contributed by atoms with E-state index in [9.17, 15) is 0 Å². The van der Waals surface area contributed by atoms with E-state index in [1.54, 1.807) is 0 Å². The van der Waals surface area contributed by atoms with Gasteiger partial charge in [-0.1, -0.05) is 36.2 Å². The molecule has 0 amide bonds. The molecule has 0 aliphatic carbocycles. The van der Waals surface area contributed by atoms with Gasteiger partial charge in [-0.3, -0.25) is 4.90 Å². The van der Waals surface area contributed by atoms with Gasteiger partial charge in [0.1, 0.15) is 0 Å². The summed E-state index contributed by atoms with van der Waals surface area (Å²) in [5.41, 5.74) is 4.29. The van der Waals surface area contributed by atoms with Crippen LogP contribution < -0.4 is 5.32 Å². The molecule has 1 aliphatic heterocycles. The van der Waals surface area contributed by atoms with Gasteiger partial charge in [0, 0.05) is 6.04 Å². The third-order valence-electron chi connectivity index (χ3n) is 4.32. The Kier molecular flexibility index (Phi) is 5.00. The third-order valence-corrected chi connectivity index (χ3v) is 4.32. The Labute approximate surface area is 118 Å². The van der Waals surface area contributed by atoms with Crippen LogP contribution in [0.3, 0.4) is 0 Å². The van der Waals surface area contributed by atoms with E-state index in [2.05, 4.69) is 56.2 Å². The van der Waals surface area contributed by atoms with Crippen LogP contribution in [-0.4, -0.2) is 31.6 Å². The zero-order valence-electron chi connectivity index (χ0n) is 12.9. The molecule has 2 nitrogen and oxygen atoms in total. The lowest BCUT2D eigenvalue weighted by Crippen LogP contribution is -2.42. The number of hydrogen-bond acceptors (Lipinski definition) is 2. The van der Waals surface area contributed by atoms with Crippen molar-refractivity contribution >= 4 is 0 Å². The molecule has 1 saturated heterocycles. The Balaban J connectivity index is 2.33. The summed E-state index contributed by atoms with van der Waals surface area (Å²) >= 11 is 0. The number of likely N-dealkylation sites (tertiary alicyclic amines) is 1. The van der Waals surface area contributed by atoms with Crippen LogP contribution in [0.1, 0.15) is 42.5 Å². The van der Waals surface area contributed by atoms with Crippen LogP contribution in [-0.2, 0) is 0 Å². The number of piperidine rings is 1. The van der Waals surface area contributed by atoms with Crippen molar-refractivity contribution in [1.82, 2.24) is 10.2 Å². The maximum atomic E-state index is 3.38. The fourth-order valence-corrected chi connectivity index (χ4v) is 3.65. The number of nitrogens with zero attached hydrogens (tertiary/aromatic N) is 1. The molecule has 19 heavy (non-hydrogen) atoms. The number of aryl methyl sites for hydroxylation is 2. The minimum atomic E-state index is 0.588. The summed E-state index contributed by atoms with van der Waals surface area (Å²) in [6.45, 7) is 10.2. The van der Waals surface area contributed by atoms with Gasteiger partial charge in [-0.25, -0.2) is 0 Å². The summed E-state index contributed by atoms with van der Waals surface area (Å²) in [5, 5.41) is 3.38. The molecule has 2 heteroatoms. The standard InChI is InChI=1S/C17H28N2/c1-5-19-8-6-7-15(12-18-4)17(19)16-10-13(2)9-14(3)11-16/h9-11,15,17-18H,5-8,12H2,1-4H3. The van der Waals surface area contributed by atoms with Gasteiger partial charge in [0.15, 0.2) is 0 Å². The smallest absolute Gasteiger partial charge is 0.0388 e. The minimum Gasteiger partial charge on any atom is -0.319 e. The van der Waals surface area contributed by atoms with Crippen LogP contribution in [0.2, 0.25) is 0 Å². The zero-order chi connectivity index (χ0) is 13.8. The first kappa shape index (κ1) is 14.5. The monoisotopic (exact) mass is 260 g/mol. The third kappa shape index (κ3) is 3.37. The van der Waals surface area contributed by atoms with Crippen LogP contribution in [0.25, 0.3) is 0 Å². The molecule has 2 atom stereocenters. The molecule has 0 radical (unpaired) electrons. The SMILES string of the molecule is CCN1CCCC(CNC)C1c1cc(C)cc(C)c1. The molecule has 1 aromatic rings. The van der Waals surface area contributed by atoms with Crippen molar-refractivity contribution in [2.24, 2.45) is 5.92 Å². The molecule has 0 saturated carbocycles. The van der Waals surface area contributed by atoms with Crippen LogP contribution >= 0.6 is 0 Å². The maximum Gasteiger partial charge on any atom is 0.0388 e. The van der Waals surface area contributed by atoms with Crippen molar-refractivity contribution < 1.29 is 0 Å². The molecule has 1 aromatic carbocycles. The molecule has 1 N–H and O–H groups in total. The van der Waals surface area contributed by atoms with Gasteiger partial charge >= 0.3 is 0 Å². The number of hydrogen-bond donors (Lipinski definition) is 1. The Morgan fingerprint density at radius 1 is 1.21 bits per heavy atom. The predicted octanol–water partition coefficient (Wildman–Crippen LogP) is 3.30. The number of benzene rings is 1. The van der Waals surface area contributed by atoms with E-state index in [0.717, 1.165) is 19.0 Å². The van der Waals surface area contributed by atoms with Gasteiger partial charge in [0.2, 0.25) is 0 Å².